The second-order valence-electron chi connectivity index (χ2n) is 13.5. The lowest BCUT2D eigenvalue weighted by atomic mass is 9.78. The molecule has 4 aromatic carbocycles. The maximum Gasteiger partial charge on any atom is 0.0667 e. The van der Waals surface area contributed by atoms with Gasteiger partial charge in [0.05, 0.1) is 11.1 Å². The van der Waals surface area contributed by atoms with Crippen LogP contribution < -0.4 is 10.6 Å². The van der Waals surface area contributed by atoms with E-state index in [4.69, 9.17) is 0 Å². The normalized spacial score (nSPS) is 23.7. The third kappa shape index (κ3) is 5.67. The zero-order chi connectivity index (χ0) is 31.6. The van der Waals surface area contributed by atoms with Crippen LogP contribution in [0.4, 0.5) is 0 Å². The molecular weight excluding hydrogens is 552 g/mol. The van der Waals surface area contributed by atoms with Crippen molar-refractivity contribution in [3.63, 3.8) is 0 Å². The van der Waals surface area contributed by atoms with Crippen molar-refractivity contribution in [3.8, 4) is 11.1 Å². The van der Waals surface area contributed by atoms with E-state index in [1.807, 2.05) is 0 Å². The number of hydrogen-bond acceptors (Lipinski definition) is 4. The number of aliphatic hydroxyl groups is 2. The minimum atomic E-state index is -0.321. The summed E-state index contributed by atoms with van der Waals surface area (Å²) in [6.45, 7) is 8.17. The maximum atomic E-state index is 9.76. The summed E-state index contributed by atoms with van der Waals surface area (Å²) in [4.78, 5) is 0. The van der Waals surface area contributed by atoms with E-state index in [0.717, 1.165) is 45.1 Å². The van der Waals surface area contributed by atoms with Crippen molar-refractivity contribution < 1.29 is 10.2 Å². The molecule has 0 aromatic heterocycles. The molecule has 0 saturated heterocycles. The fourth-order valence-corrected chi connectivity index (χ4v) is 8.49. The lowest BCUT2D eigenvalue weighted by Crippen LogP contribution is -2.41. The van der Waals surface area contributed by atoms with Gasteiger partial charge in [0.1, 0.15) is 0 Å². The first kappa shape index (κ1) is 31.7. The van der Waals surface area contributed by atoms with Gasteiger partial charge in [-0.25, -0.2) is 0 Å². The topological polar surface area (TPSA) is 64.5 Å². The summed E-state index contributed by atoms with van der Waals surface area (Å²) in [5.41, 5.74) is 12.8. The summed E-state index contributed by atoms with van der Waals surface area (Å²) >= 11 is 0. The van der Waals surface area contributed by atoms with Crippen LogP contribution in [0.2, 0.25) is 0 Å². The molecule has 2 aliphatic rings. The number of hydrogen-bond donors (Lipinski definition) is 4. The molecule has 4 nitrogen and oxygen atoms in total. The molecule has 0 amide bonds. The third-order valence-electron chi connectivity index (χ3n) is 10.9. The minimum absolute atomic E-state index is 0.219. The first-order chi connectivity index (χ1) is 21.9. The maximum absolute atomic E-state index is 9.76. The molecule has 0 unspecified atom stereocenters. The van der Waals surface area contributed by atoms with Crippen LogP contribution in [0.25, 0.3) is 11.1 Å². The van der Waals surface area contributed by atoms with Crippen LogP contribution in [0.3, 0.4) is 0 Å². The Hall–Kier alpha value is -3.28. The van der Waals surface area contributed by atoms with Crippen LogP contribution in [0.5, 0.6) is 0 Å². The summed E-state index contributed by atoms with van der Waals surface area (Å²) < 4.78 is 0. The van der Waals surface area contributed by atoms with Crippen LogP contribution >= 0.6 is 0 Å². The predicted octanol–water partition coefficient (Wildman–Crippen LogP) is 7.53. The van der Waals surface area contributed by atoms with E-state index in [-0.39, 0.29) is 24.3 Å². The van der Waals surface area contributed by atoms with Crippen molar-refractivity contribution in [1.29, 1.82) is 0 Å². The van der Waals surface area contributed by atoms with Gasteiger partial charge >= 0.3 is 0 Å². The number of aliphatic hydroxyl groups excluding tert-OH is 2. The fourth-order valence-electron chi connectivity index (χ4n) is 8.49. The van der Waals surface area contributed by atoms with Gasteiger partial charge in [-0.3, -0.25) is 0 Å². The van der Waals surface area contributed by atoms with E-state index in [1.165, 1.54) is 55.6 Å². The number of benzene rings is 4. The average Bonchev–Trinajstić information content (AvgIpc) is 3.24. The van der Waals surface area contributed by atoms with E-state index in [0.29, 0.717) is 11.8 Å². The lowest BCUT2D eigenvalue weighted by molar-refractivity contribution is 0.279. The smallest absolute Gasteiger partial charge is 0.0667 e. The Balaban J connectivity index is 1.50. The zero-order valence-corrected chi connectivity index (χ0v) is 27.5. The van der Waals surface area contributed by atoms with Gasteiger partial charge in [0.15, 0.2) is 0 Å². The van der Waals surface area contributed by atoms with Gasteiger partial charge in [-0.05, 0) is 140 Å². The zero-order valence-electron chi connectivity index (χ0n) is 27.5. The van der Waals surface area contributed by atoms with Crippen molar-refractivity contribution in [2.24, 2.45) is 0 Å². The molecular formula is C41H50N2O2. The first-order valence-electron chi connectivity index (χ1n) is 17.0. The number of fused-ring (bicyclic) bond motifs is 4. The highest BCUT2D eigenvalue weighted by molar-refractivity contribution is 5.69. The molecule has 45 heavy (non-hydrogen) atoms. The Labute approximate surface area is 269 Å². The van der Waals surface area contributed by atoms with Crippen molar-refractivity contribution in [2.75, 3.05) is 26.8 Å². The first-order valence-corrected chi connectivity index (χ1v) is 17.0. The number of nitrogens with one attached hydrogen (secondary N) is 2. The molecule has 0 fully saturated rings. The largest absolute Gasteiger partial charge is 0.396 e. The second-order valence-corrected chi connectivity index (χ2v) is 13.5. The van der Waals surface area contributed by atoms with Crippen LogP contribution in [-0.2, 0) is 23.9 Å². The highest BCUT2D eigenvalue weighted by Crippen LogP contribution is 2.46. The van der Waals surface area contributed by atoms with E-state index in [1.54, 1.807) is 0 Å². The van der Waals surface area contributed by atoms with Crippen molar-refractivity contribution >= 4 is 0 Å². The van der Waals surface area contributed by atoms with Gasteiger partial charge in [0.2, 0.25) is 0 Å². The molecule has 2 aliphatic carbocycles. The lowest BCUT2D eigenvalue weighted by Gasteiger charge is -2.34. The van der Waals surface area contributed by atoms with Gasteiger partial charge < -0.3 is 20.8 Å². The molecule has 4 aromatic rings. The molecule has 0 radical (unpaired) electrons. The van der Waals surface area contributed by atoms with Crippen molar-refractivity contribution in [1.82, 2.24) is 10.6 Å². The summed E-state index contributed by atoms with van der Waals surface area (Å²) in [6.07, 6.45) is 5.48. The highest BCUT2D eigenvalue weighted by Gasteiger charge is 2.38. The molecule has 6 rings (SSSR count). The summed E-state index contributed by atoms with van der Waals surface area (Å²) in [5, 5.41) is 27.1. The summed E-state index contributed by atoms with van der Waals surface area (Å²) in [6, 6.07) is 32.0. The average molecular weight is 603 g/mol. The Morgan fingerprint density at radius 2 is 1.22 bits per heavy atom. The standard InChI is InChI=1S/C41H50N2O2/c1-5-43-41(3)36-16-8-6-12-32(36)25-30(13-10-22-44)35-20-18-29(27-39(35)41)28-19-21-37-33(24-28)26-31(14-11-23-45)34-15-7-9-17-38(34)40(37,2)42-4/h6-9,12,15-21,24,27,30-31,42-45H,5,10-11,13-14,22-23,25-26H2,1-4H3/t30-,31-,40+,41+/m0/s1. The second kappa shape index (κ2) is 13.2. The van der Waals surface area contributed by atoms with E-state index >= 15 is 0 Å². The monoisotopic (exact) mass is 602 g/mol. The predicted molar refractivity (Wildman–Crippen MR) is 186 cm³/mol. The van der Waals surface area contributed by atoms with Crippen molar-refractivity contribution in [2.45, 2.75) is 82.2 Å². The molecule has 0 bridgehead atoms. The summed E-state index contributed by atoms with van der Waals surface area (Å²) in [5.74, 6) is 0.711. The van der Waals surface area contributed by atoms with E-state index in [9.17, 15) is 10.2 Å². The molecule has 0 aliphatic heterocycles. The third-order valence-corrected chi connectivity index (χ3v) is 10.9. The van der Waals surface area contributed by atoms with Crippen LogP contribution in [0, 0.1) is 0 Å². The molecule has 4 heteroatoms. The summed E-state index contributed by atoms with van der Waals surface area (Å²) in [7, 11) is 2.07. The Bertz CT molecular complexity index is 1650. The molecule has 0 spiro atoms. The molecule has 4 N–H and O–H groups in total. The Morgan fingerprint density at radius 1 is 0.644 bits per heavy atom. The highest BCUT2D eigenvalue weighted by atomic mass is 16.3. The van der Waals surface area contributed by atoms with Gasteiger partial charge in [-0.2, -0.15) is 0 Å². The van der Waals surface area contributed by atoms with E-state index < -0.39 is 0 Å². The Kier molecular flexibility index (Phi) is 9.31. The van der Waals surface area contributed by atoms with Crippen LogP contribution in [-0.4, -0.2) is 37.0 Å². The van der Waals surface area contributed by atoms with Crippen molar-refractivity contribution in [3.05, 3.63) is 129 Å². The van der Waals surface area contributed by atoms with Gasteiger partial charge in [-0.1, -0.05) is 85.8 Å². The SMILES string of the molecule is CCN[C@]1(C)c2ccccc2C[C@H](CCCO)c2ccc(-c3ccc4c(c3)C[C@H](CCCO)c3ccccc3[C@]4(C)NC)cc21. The van der Waals surface area contributed by atoms with E-state index in [2.05, 4.69) is 123 Å². The number of rotatable bonds is 10. The van der Waals surface area contributed by atoms with Crippen LogP contribution in [0.15, 0.2) is 84.9 Å². The molecule has 236 valence electrons. The minimum Gasteiger partial charge on any atom is -0.396 e. The molecule has 0 heterocycles. The fraction of sp³-hybridized carbons (Fsp3) is 0.415. The van der Waals surface area contributed by atoms with Crippen LogP contribution in [0.1, 0.15) is 103 Å². The van der Waals surface area contributed by atoms with Gasteiger partial charge in [0.25, 0.3) is 0 Å². The molecule has 0 saturated carbocycles. The van der Waals surface area contributed by atoms with Gasteiger partial charge in [0, 0.05) is 13.2 Å². The Morgan fingerprint density at radius 3 is 1.91 bits per heavy atom. The quantitative estimate of drug-likeness (QED) is 0.152. The molecule has 4 atom stereocenters. The van der Waals surface area contributed by atoms with Gasteiger partial charge in [-0.15, -0.1) is 0 Å².